The molecular formula is C24H29N3O4. The lowest BCUT2D eigenvalue weighted by atomic mass is 9.95. The van der Waals surface area contributed by atoms with Crippen molar-refractivity contribution >= 4 is 23.5 Å². The van der Waals surface area contributed by atoms with Gasteiger partial charge in [-0.05, 0) is 69.5 Å². The number of amides is 2. The highest BCUT2D eigenvalue weighted by Gasteiger charge is 2.18. The maximum atomic E-state index is 12.6. The summed E-state index contributed by atoms with van der Waals surface area (Å²) in [4.78, 5) is 41.3. The first-order valence-electron chi connectivity index (χ1n) is 10.8. The fraction of sp³-hybridized carbons (Fsp3) is 0.417. The number of esters is 1. The van der Waals surface area contributed by atoms with Crippen LogP contribution in [0.25, 0.3) is 0 Å². The summed E-state index contributed by atoms with van der Waals surface area (Å²) in [7, 11) is 0. The number of aryl methyl sites for hydroxylation is 2. The van der Waals surface area contributed by atoms with Crippen molar-refractivity contribution in [2.45, 2.75) is 58.9 Å². The molecule has 0 aliphatic heterocycles. The van der Waals surface area contributed by atoms with Crippen molar-refractivity contribution in [3.05, 3.63) is 58.4 Å². The quantitative estimate of drug-likeness (QED) is 0.679. The fourth-order valence-corrected chi connectivity index (χ4v) is 3.76. The molecule has 1 heterocycles. The summed E-state index contributed by atoms with van der Waals surface area (Å²) < 4.78 is 4.99. The Labute approximate surface area is 182 Å². The van der Waals surface area contributed by atoms with Crippen LogP contribution in [0.15, 0.2) is 30.3 Å². The molecule has 0 unspecified atom stereocenters. The van der Waals surface area contributed by atoms with Gasteiger partial charge in [-0.1, -0.05) is 19.3 Å². The van der Waals surface area contributed by atoms with Crippen molar-refractivity contribution in [1.82, 2.24) is 10.3 Å². The SMILES string of the molecule is CCOC(=O)c1ccc(C(=O)Nc2ccc(C(=O)NC3CCCCC3)cc2C)nc1C. The van der Waals surface area contributed by atoms with Crippen molar-refractivity contribution in [2.75, 3.05) is 11.9 Å². The number of aromatic nitrogens is 1. The van der Waals surface area contributed by atoms with E-state index < -0.39 is 5.97 Å². The van der Waals surface area contributed by atoms with E-state index >= 15 is 0 Å². The minimum absolute atomic E-state index is 0.0836. The summed E-state index contributed by atoms with van der Waals surface area (Å²) in [6.45, 7) is 5.51. The van der Waals surface area contributed by atoms with Gasteiger partial charge in [0.25, 0.3) is 11.8 Å². The molecule has 7 nitrogen and oxygen atoms in total. The molecule has 0 spiro atoms. The number of rotatable bonds is 6. The maximum Gasteiger partial charge on any atom is 0.339 e. The first kappa shape index (κ1) is 22.5. The van der Waals surface area contributed by atoms with Gasteiger partial charge in [-0.3, -0.25) is 9.59 Å². The Kier molecular flexibility index (Phi) is 7.39. The van der Waals surface area contributed by atoms with Crippen molar-refractivity contribution in [2.24, 2.45) is 0 Å². The first-order chi connectivity index (χ1) is 14.9. The van der Waals surface area contributed by atoms with E-state index in [0.717, 1.165) is 31.2 Å². The van der Waals surface area contributed by atoms with Crippen LogP contribution in [0.5, 0.6) is 0 Å². The number of carbonyl (C=O) groups excluding carboxylic acids is 3. The third-order valence-electron chi connectivity index (χ3n) is 5.49. The second-order valence-electron chi connectivity index (χ2n) is 7.84. The Hall–Kier alpha value is -3.22. The number of nitrogens with one attached hydrogen (secondary N) is 2. The molecule has 2 amide bonds. The number of carbonyl (C=O) groups is 3. The summed E-state index contributed by atoms with van der Waals surface area (Å²) in [6.07, 6.45) is 5.60. The highest BCUT2D eigenvalue weighted by Crippen LogP contribution is 2.20. The van der Waals surface area contributed by atoms with Gasteiger partial charge in [0, 0.05) is 17.3 Å². The third-order valence-corrected chi connectivity index (χ3v) is 5.49. The largest absolute Gasteiger partial charge is 0.462 e. The normalized spacial score (nSPS) is 14.0. The first-order valence-corrected chi connectivity index (χ1v) is 10.8. The molecule has 1 fully saturated rings. The summed E-state index contributed by atoms with van der Waals surface area (Å²) in [5, 5.41) is 5.93. The molecule has 0 radical (unpaired) electrons. The van der Waals surface area contributed by atoms with Gasteiger partial charge in [0.2, 0.25) is 0 Å². The zero-order chi connectivity index (χ0) is 22.4. The Bertz CT molecular complexity index is 981. The molecule has 3 rings (SSSR count). The zero-order valence-corrected chi connectivity index (χ0v) is 18.3. The second kappa shape index (κ2) is 10.2. The second-order valence-corrected chi connectivity index (χ2v) is 7.84. The number of hydrogen-bond donors (Lipinski definition) is 2. The lowest BCUT2D eigenvalue weighted by molar-refractivity contribution is 0.0524. The Morgan fingerprint density at radius 2 is 1.77 bits per heavy atom. The zero-order valence-electron chi connectivity index (χ0n) is 18.3. The van der Waals surface area contributed by atoms with E-state index in [1.54, 1.807) is 38.1 Å². The van der Waals surface area contributed by atoms with Crippen LogP contribution in [-0.2, 0) is 4.74 Å². The van der Waals surface area contributed by atoms with Gasteiger partial charge in [-0.25, -0.2) is 9.78 Å². The van der Waals surface area contributed by atoms with Crippen LogP contribution >= 0.6 is 0 Å². The molecule has 1 saturated carbocycles. The molecule has 1 aliphatic carbocycles. The van der Waals surface area contributed by atoms with E-state index in [1.165, 1.54) is 12.5 Å². The number of benzene rings is 1. The van der Waals surface area contributed by atoms with E-state index in [0.29, 0.717) is 22.5 Å². The Morgan fingerprint density at radius 3 is 2.42 bits per heavy atom. The molecule has 2 N–H and O–H groups in total. The predicted octanol–water partition coefficient (Wildman–Crippen LogP) is 4.19. The lowest BCUT2D eigenvalue weighted by Gasteiger charge is -2.23. The van der Waals surface area contributed by atoms with Gasteiger partial charge < -0.3 is 15.4 Å². The molecule has 1 aromatic heterocycles. The van der Waals surface area contributed by atoms with Crippen LogP contribution in [-0.4, -0.2) is 35.4 Å². The van der Waals surface area contributed by atoms with E-state index in [4.69, 9.17) is 4.74 Å². The van der Waals surface area contributed by atoms with Crippen LogP contribution < -0.4 is 10.6 Å². The highest BCUT2D eigenvalue weighted by molar-refractivity contribution is 6.04. The summed E-state index contributed by atoms with van der Waals surface area (Å²) in [5.41, 5.74) is 2.93. The van der Waals surface area contributed by atoms with Crippen molar-refractivity contribution in [1.29, 1.82) is 0 Å². The monoisotopic (exact) mass is 423 g/mol. The van der Waals surface area contributed by atoms with Gasteiger partial charge in [-0.2, -0.15) is 0 Å². The standard InChI is InChI=1S/C24H29N3O4/c1-4-31-24(30)19-11-13-21(25-16(19)3)23(29)27-20-12-10-17(14-15(20)2)22(28)26-18-8-6-5-7-9-18/h10-14,18H,4-9H2,1-3H3,(H,26,28)(H,27,29). The van der Waals surface area contributed by atoms with Crippen molar-refractivity contribution < 1.29 is 19.1 Å². The molecule has 0 atom stereocenters. The van der Waals surface area contributed by atoms with E-state index in [-0.39, 0.29) is 30.2 Å². The van der Waals surface area contributed by atoms with Crippen LogP contribution in [0.3, 0.4) is 0 Å². The number of nitrogens with zero attached hydrogens (tertiary/aromatic N) is 1. The van der Waals surface area contributed by atoms with Crippen LogP contribution in [0.2, 0.25) is 0 Å². The number of hydrogen-bond acceptors (Lipinski definition) is 5. The minimum atomic E-state index is -0.461. The van der Waals surface area contributed by atoms with Gasteiger partial charge in [-0.15, -0.1) is 0 Å². The molecular weight excluding hydrogens is 394 g/mol. The summed E-state index contributed by atoms with van der Waals surface area (Å²) in [5.74, 6) is -0.932. The third kappa shape index (κ3) is 5.69. The molecule has 7 heteroatoms. The molecule has 164 valence electrons. The number of anilines is 1. The van der Waals surface area contributed by atoms with E-state index in [9.17, 15) is 14.4 Å². The average molecular weight is 424 g/mol. The van der Waals surface area contributed by atoms with Crippen molar-refractivity contribution in [3.63, 3.8) is 0 Å². The molecule has 0 saturated heterocycles. The number of pyridine rings is 1. The smallest absolute Gasteiger partial charge is 0.339 e. The van der Waals surface area contributed by atoms with Gasteiger partial charge in [0.1, 0.15) is 5.69 Å². The van der Waals surface area contributed by atoms with Crippen LogP contribution in [0.4, 0.5) is 5.69 Å². The van der Waals surface area contributed by atoms with E-state index in [2.05, 4.69) is 15.6 Å². The van der Waals surface area contributed by atoms with E-state index in [1.807, 2.05) is 6.92 Å². The van der Waals surface area contributed by atoms with Crippen LogP contribution in [0, 0.1) is 13.8 Å². The molecule has 0 bridgehead atoms. The topological polar surface area (TPSA) is 97.4 Å². The summed E-state index contributed by atoms with van der Waals surface area (Å²) in [6, 6.07) is 8.49. The molecule has 31 heavy (non-hydrogen) atoms. The predicted molar refractivity (Wildman–Crippen MR) is 118 cm³/mol. The Morgan fingerprint density at radius 1 is 1.03 bits per heavy atom. The minimum Gasteiger partial charge on any atom is -0.462 e. The maximum absolute atomic E-state index is 12.6. The van der Waals surface area contributed by atoms with Gasteiger partial charge in [0.15, 0.2) is 0 Å². The lowest BCUT2D eigenvalue weighted by Crippen LogP contribution is -2.36. The van der Waals surface area contributed by atoms with Crippen molar-refractivity contribution in [3.8, 4) is 0 Å². The highest BCUT2D eigenvalue weighted by atomic mass is 16.5. The number of ether oxygens (including phenoxy) is 1. The molecule has 2 aromatic rings. The van der Waals surface area contributed by atoms with Gasteiger partial charge >= 0.3 is 5.97 Å². The average Bonchev–Trinajstić information content (AvgIpc) is 2.75. The Balaban J connectivity index is 1.67. The van der Waals surface area contributed by atoms with Crippen LogP contribution in [0.1, 0.15) is 81.5 Å². The molecule has 1 aliphatic rings. The fourth-order valence-electron chi connectivity index (χ4n) is 3.76. The van der Waals surface area contributed by atoms with Gasteiger partial charge in [0.05, 0.1) is 17.9 Å². The molecule has 1 aromatic carbocycles. The summed E-state index contributed by atoms with van der Waals surface area (Å²) >= 11 is 0.